The van der Waals surface area contributed by atoms with Crippen LogP contribution in [-0.4, -0.2) is 37.8 Å². The molecule has 7 heteroatoms. The van der Waals surface area contributed by atoms with E-state index >= 15 is 0 Å². The van der Waals surface area contributed by atoms with Crippen molar-refractivity contribution >= 4 is 16.9 Å². The van der Waals surface area contributed by atoms with E-state index in [9.17, 15) is 4.79 Å². The van der Waals surface area contributed by atoms with Gasteiger partial charge in [-0.25, -0.2) is 19.6 Å². The normalized spacial score (nSPS) is 15.0. The maximum absolute atomic E-state index is 11.7. The minimum atomic E-state index is -0.0577. The van der Waals surface area contributed by atoms with E-state index in [1.165, 1.54) is 10.7 Å². The molecule has 110 valence electrons. The van der Waals surface area contributed by atoms with Gasteiger partial charge in [-0.15, -0.1) is 0 Å². The second-order valence-corrected chi connectivity index (χ2v) is 5.39. The van der Waals surface area contributed by atoms with E-state index in [1.807, 2.05) is 12.1 Å². The fourth-order valence-electron chi connectivity index (χ4n) is 2.76. The van der Waals surface area contributed by atoms with Crippen LogP contribution in [0.25, 0.3) is 11.0 Å². The Morgan fingerprint density at radius 3 is 2.82 bits per heavy atom. The highest BCUT2D eigenvalue weighted by atomic mass is 16.1. The molecule has 1 aliphatic rings. The summed E-state index contributed by atoms with van der Waals surface area (Å²) in [5.74, 6) is 1.30. The van der Waals surface area contributed by atoms with Crippen LogP contribution in [-0.2, 0) is 6.54 Å². The molecule has 0 unspecified atom stereocenters. The maximum atomic E-state index is 11.7. The van der Waals surface area contributed by atoms with Crippen LogP contribution in [0.15, 0.2) is 47.8 Å². The molecule has 22 heavy (non-hydrogen) atoms. The lowest BCUT2D eigenvalue weighted by Crippen LogP contribution is -2.50. The van der Waals surface area contributed by atoms with Crippen LogP contribution in [0.3, 0.4) is 0 Å². The van der Waals surface area contributed by atoms with E-state index < -0.39 is 0 Å². The van der Waals surface area contributed by atoms with Gasteiger partial charge in [0.2, 0.25) is 0 Å². The number of rotatable bonds is 3. The van der Waals surface area contributed by atoms with Gasteiger partial charge in [-0.2, -0.15) is 5.10 Å². The smallest absolute Gasteiger partial charge is 0.266 e. The number of hydrogen-bond donors (Lipinski definition) is 0. The number of hydrogen-bond acceptors (Lipinski definition) is 6. The van der Waals surface area contributed by atoms with Gasteiger partial charge in [0.1, 0.15) is 12.1 Å². The van der Waals surface area contributed by atoms with Crippen molar-refractivity contribution in [3.05, 3.63) is 53.3 Å². The molecule has 0 radical (unpaired) electrons. The van der Waals surface area contributed by atoms with Crippen molar-refractivity contribution in [2.45, 2.75) is 6.54 Å². The molecule has 3 aromatic rings. The van der Waals surface area contributed by atoms with Crippen molar-refractivity contribution in [1.82, 2.24) is 24.7 Å². The quantitative estimate of drug-likeness (QED) is 0.708. The van der Waals surface area contributed by atoms with Gasteiger partial charge in [0.25, 0.3) is 5.56 Å². The van der Waals surface area contributed by atoms with E-state index in [2.05, 4.69) is 25.0 Å². The number of anilines is 1. The summed E-state index contributed by atoms with van der Waals surface area (Å²) in [6.45, 7) is 2.34. The molecule has 0 bridgehead atoms. The predicted octanol–water partition coefficient (Wildman–Crippen LogP) is 0.718. The van der Waals surface area contributed by atoms with Crippen LogP contribution in [0.2, 0.25) is 0 Å². The molecule has 0 amide bonds. The highest BCUT2D eigenvalue weighted by Gasteiger charge is 2.29. The summed E-state index contributed by atoms with van der Waals surface area (Å²) in [5.41, 5.74) is 0.648. The zero-order valence-corrected chi connectivity index (χ0v) is 11.8. The van der Waals surface area contributed by atoms with Crippen LogP contribution in [0.5, 0.6) is 0 Å². The lowest BCUT2D eigenvalue weighted by atomic mass is 10.00. The largest absolute Gasteiger partial charge is 0.355 e. The zero-order chi connectivity index (χ0) is 14.9. The summed E-state index contributed by atoms with van der Waals surface area (Å²) in [4.78, 5) is 26.7. The first kappa shape index (κ1) is 12.9. The molecule has 0 aromatic carbocycles. The third-order valence-corrected chi connectivity index (χ3v) is 3.86. The Kier molecular flexibility index (Phi) is 3.03. The number of pyridine rings is 1. The molecule has 0 saturated carbocycles. The van der Waals surface area contributed by atoms with Crippen LogP contribution in [0, 0.1) is 5.92 Å². The predicted molar refractivity (Wildman–Crippen MR) is 81.5 cm³/mol. The van der Waals surface area contributed by atoms with Gasteiger partial charge >= 0.3 is 0 Å². The topological polar surface area (TPSA) is 76.8 Å². The van der Waals surface area contributed by atoms with Gasteiger partial charge < -0.3 is 4.90 Å². The van der Waals surface area contributed by atoms with Crippen molar-refractivity contribution in [1.29, 1.82) is 0 Å². The molecule has 1 aliphatic heterocycles. The Morgan fingerprint density at radius 2 is 1.95 bits per heavy atom. The minimum Gasteiger partial charge on any atom is -0.355 e. The van der Waals surface area contributed by atoms with E-state index in [0.717, 1.165) is 24.3 Å². The highest BCUT2D eigenvalue weighted by molar-refractivity contribution is 5.86. The first-order valence-corrected chi connectivity index (χ1v) is 7.14. The Balaban J connectivity index is 1.51. The van der Waals surface area contributed by atoms with Gasteiger partial charge in [0.05, 0.1) is 11.9 Å². The second kappa shape index (κ2) is 5.18. The van der Waals surface area contributed by atoms with Crippen LogP contribution >= 0.6 is 0 Å². The maximum Gasteiger partial charge on any atom is 0.266 e. The number of aromatic nitrogens is 5. The van der Waals surface area contributed by atoms with Gasteiger partial charge in [-0.05, 0) is 18.2 Å². The summed E-state index contributed by atoms with van der Waals surface area (Å²) in [6, 6.07) is 7.06. The third kappa shape index (κ3) is 2.20. The van der Waals surface area contributed by atoms with E-state index in [-0.39, 0.29) is 5.56 Å². The molecular formula is C15H14N6O. The molecule has 1 saturated heterocycles. The van der Waals surface area contributed by atoms with Gasteiger partial charge in [0.15, 0.2) is 5.65 Å². The number of fused-ring (bicyclic) bond motifs is 1. The molecule has 4 heterocycles. The first-order chi connectivity index (χ1) is 10.8. The van der Waals surface area contributed by atoms with Crippen molar-refractivity contribution in [2.24, 2.45) is 5.92 Å². The summed E-state index contributed by atoms with van der Waals surface area (Å²) in [5, 5.41) is 5.05. The zero-order valence-electron chi connectivity index (χ0n) is 11.8. The third-order valence-electron chi connectivity index (χ3n) is 3.86. The van der Waals surface area contributed by atoms with E-state index in [4.69, 9.17) is 0 Å². The minimum absolute atomic E-state index is 0.0577. The van der Waals surface area contributed by atoms with Crippen LogP contribution in [0.1, 0.15) is 0 Å². The summed E-state index contributed by atoms with van der Waals surface area (Å²) in [6.07, 6.45) is 4.91. The fourth-order valence-corrected chi connectivity index (χ4v) is 2.76. The lowest BCUT2D eigenvalue weighted by molar-refractivity contribution is 0.333. The molecule has 0 N–H and O–H groups in total. The molecule has 0 spiro atoms. The van der Waals surface area contributed by atoms with Crippen molar-refractivity contribution in [2.75, 3.05) is 18.0 Å². The van der Waals surface area contributed by atoms with Crippen LogP contribution < -0.4 is 10.5 Å². The Labute approximate surface area is 126 Å². The van der Waals surface area contributed by atoms with Gasteiger partial charge in [-0.1, -0.05) is 0 Å². The Bertz CT molecular complexity index is 866. The molecule has 1 fully saturated rings. The standard InChI is InChI=1S/C15H14N6O/c22-13-4-2-6-19-21(13)9-11-7-20(8-11)15-12-3-1-5-16-14(12)17-10-18-15/h1-6,10-11H,7-9H2. The highest BCUT2D eigenvalue weighted by Crippen LogP contribution is 2.28. The van der Waals surface area contributed by atoms with Crippen molar-refractivity contribution in [3.8, 4) is 0 Å². The SMILES string of the molecule is O=c1cccnn1CC1CN(c2ncnc3ncccc23)C1. The molecule has 0 atom stereocenters. The monoisotopic (exact) mass is 294 g/mol. The molecule has 4 rings (SSSR count). The average molecular weight is 294 g/mol. The van der Waals surface area contributed by atoms with Gasteiger partial charge in [0, 0.05) is 37.5 Å². The first-order valence-electron chi connectivity index (χ1n) is 7.14. The van der Waals surface area contributed by atoms with Crippen molar-refractivity contribution < 1.29 is 0 Å². The molecule has 3 aromatic heterocycles. The van der Waals surface area contributed by atoms with Gasteiger partial charge in [-0.3, -0.25) is 4.79 Å². The summed E-state index contributed by atoms with van der Waals surface area (Å²) in [7, 11) is 0. The fraction of sp³-hybridized carbons (Fsp3) is 0.267. The summed E-state index contributed by atoms with van der Waals surface area (Å²) < 4.78 is 1.52. The lowest BCUT2D eigenvalue weighted by Gasteiger charge is -2.40. The van der Waals surface area contributed by atoms with E-state index in [0.29, 0.717) is 18.1 Å². The Morgan fingerprint density at radius 1 is 1.09 bits per heavy atom. The Hall–Kier alpha value is -2.83. The number of nitrogens with zero attached hydrogens (tertiary/aromatic N) is 6. The second-order valence-electron chi connectivity index (χ2n) is 5.39. The molecular weight excluding hydrogens is 280 g/mol. The molecule has 7 nitrogen and oxygen atoms in total. The molecule has 0 aliphatic carbocycles. The van der Waals surface area contributed by atoms with E-state index in [1.54, 1.807) is 24.8 Å². The summed E-state index contributed by atoms with van der Waals surface area (Å²) >= 11 is 0. The average Bonchev–Trinajstić information content (AvgIpc) is 2.52. The van der Waals surface area contributed by atoms with Crippen molar-refractivity contribution in [3.63, 3.8) is 0 Å². The van der Waals surface area contributed by atoms with Crippen LogP contribution in [0.4, 0.5) is 5.82 Å².